The van der Waals surface area contributed by atoms with Crippen LogP contribution >= 0.6 is 0 Å². The second kappa shape index (κ2) is 7.31. The first-order valence-electron chi connectivity index (χ1n) is 9.47. The summed E-state index contributed by atoms with van der Waals surface area (Å²) < 4.78 is 20.9. The fraction of sp³-hybridized carbons (Fsp3) is 0.381. The molecule has 4 rings (SSSR count). The number of rotatable bonds is 5. The van der Waals surface area contributed by atoms with Crippen molar-refractivity contribution < 1.29 is 42.9 Å². The Bertz CT molecular complexity index is 998. The lowest BCUT2D eigenvalue weighted by molar-refractivity contribution is -0.226. The van der Waals surface area contributed by atoms with E-state index in [-0.39, 0.29) is 11.3 Å². The number of fused-ring (bicyclic) bond motifs is 5. The van der Waals surface area contributed by atoms with Crippen molar-refractivity contribution >= 4 is 35.4 Å². The van der Waals surface area contributed by atoms with Crippen LogP contribution in [-0.2, 0) is 38.1 Å². The Kier molecular flexibility index (Phi) is 4.89. The molecule has 2 saturated heterocycles. The summed E-state index contributed by atoms with van der Waals surface area (Å²) in [4.78, 5) is 62.4. The molecule has 0 radical (unpaired) electrons. The van der Waals surface area contributed by atoms with Crippen molar-refractivity contribution in [2.75, 3.05) is 12.0 Å². The van der Waals surface area contributed by atoms with Crippen molar-refractivity contribution in [3.05, 3.63) is 42.0 Å². The number of benzene rings is 1. The maximum absolute atomic E-state index is 13.4. The van der Waals surface area contributed by atoms with Crippen LogP contribution in [0.4, 0.5) is 5.69 Å². The average Bonchev–Trinajstić information content (AvgIpc) is 3.37. The summed E-state index contributed by atoms with van der Waals surface area (Å²) in [5.74, 6) is -5.04. The average molecular weight is 429 g/mol. The van der Waals surface area contributed by atoms with Gasteiger partial charge in [-0.05, 0) is 30.3 Å². The lowest BCUT2D eigenvalue weighted by Gasteiger charge is -2.34. The highest BCUT2D eigenvalue weighted by molar-refractivity contribution is 6.23. The van der Waals surface area contributed by atoms with Gasteiger partial charge in [0.1, 0.15) is 0 Å². The van der Waals surface area contributed by atoms with Crippen LogP contribution < -0.4 is 4.90 Å². The molecule has 0 aliphatic carbocycles. The minimum Gasteiger partial charge on any atom is -0.465 e. The summed E-state index contributed by atoms with van der Waals surface area (Å²) in [6.45, 7) is 2.26. The molecule has 162 valence electrons. The van der Waals surface area contributed by atoms with Gasteiger partial charge in [-0.25, -0.2) is 9.69 Å². The predicted molar refractivity (Wildman–Crippen MR) is 101 cm³/mol. The number of methoxy groups -OCH3 is 1. The zero-order valence-corrected chi connectivity index (χ0v) is 16.9. The largest absolute Gasteiger partial charge is 0.465 e. The third-order valence-corrected chi connectivity index (χ3v) is 5.54. The first-order valence-corrected chi connectivity index (χ1v) is 9.47. The number of hydrogen-bond donors (Lipinski definition) is 0. The number of carbonyl (C=O) groups is 5. The van der Waals surface area contributed by atoms with Crippen molar-refractivity contribution in [1.82, 2.24) is 0 Å². The SMILES string of the molecule is COC(=O)c1ccc(N2C(=O)[C@H]3[C@@H]4C=C[C@@](C(OC(C)=O)OC(C)=O)(O4)[C@@H]3C2=O)cc1. The molecule has 0 N–H and O–H groups in total. The number of imide groups is 1. The molecule has 10 nitrogen and oxygen atoms in total. The van der Waals surface area contributed by atoms with Gasteiger partial charge in [0.25, 0.3) is 6.29 Å². The van der Waals surface area contributed by atoms with E-state index in [1.165, 1.54) is 37.5 Å². The standard InChI is InChI=1S/C21H19NO9/c1-10(23)29-20(30-11(2)24)21-9-8-14(31-21)15-16(21)18(26)22(17(15)25)13-6-4-12(5-7-13)19(27)28-3/h4-9,14-16,20H,1-3H3/t14-,15-,16-,21+/m0/s1. The molecule has 0 unspecified atom stereocenters. The van der Waals surface area contributed by atoms with Crippen LogP contribution in [0.15, 0.2) is 36.4 Å². The molecule has 3 heterocycles. The Balaban J connectivity index is 1.69. The molecule has 1 aromatic rings. The van der Waals surface area contributed by atoms with Gasteiger partial charge in [-0.2, -0.15) is 0 Å². The normalized spacial score (nSPS) is 28.1. The van der Waals surface area contributed by atoms with Gasteiger partial charge in [-0.3, -0.25) is 19.2 Å². The van der Waals surface area contributed by atoms with Crippen molar-refractivity contribution in [2.45, 2.75) is 31.8 Å². The molecular weight excluding hydrogens is 410 g/mol. The second-order valence-electron chi connectivity index (χ2n) is 7.40. The molecule has 0 aromatic heterocycles. The van der Waals surface area contributed by atoms with Gasteiger partial charge in [-0.15, -0.1) is 0 Å². The lowest BCUT2D eigenvalue weighted by Crippen LogP contribution is -2.52. The predicted octanol–water partition coefficient (Wildman–Crippen LogP) is 0.738. The van der Waals surface area contributed by atoms with Crippen LogP contribution in [0.1, 0.15) is 24.2 Å². The molecule has 2 fully saturated rings. The zero-order chi connectivity index (χ0) is 22.5. The van der Waals surface area contributed by atoms with Gasteiger partial charge >= 0.3 is 17.9 Å². The second-order valence-corrected chi connectivity index (χ2v) is 7.40. The van der Waals surface area contributed by atoms with Crippen molar-refractivity contribution in [2.24, 2.45) is 11.8 Å². The molecular formula is C21H19NO9. The van der Waals surface area contributed by atoms with Crippen LogP contribution in [0.3, 0.4) is 0 Å². The van der Waals surface area contributed by atoms with Crippen molar-refractivity contribution in [1.29, 1.82) is 0 Å². The molecule has 1 aromatic carbocycles. The molecule has 4 atom stereocenters. The van der Waals surface area contributed by atoms with Gasteiger partial charge in [0.15, 0.2) is 5.60 Å². The summed E-state index contributed by atoms with van der Waals surface area (Å²) in [6, 6.07) is 5.80. The molecule has 0 saturated carbocycles. The summed E-state index contributed by atoms with van der Waals surface area (Å²) in [5.41, 5.74) is -1.08. The monoisotopic (exact) mass is 429 g/mol. The maximum atomic E-state index is 13.4. The Morgan fingerprint density at radius 1 is 1.03 bits per heavy atom. The molecule has 0 spiro atoms. The number of anilines is 1. The summed E-state index contributed by atoms with van der Waals surface area (Å²) in [6.07, 6.45) is 0.826. The van der Waals surface area contributed by atoms with Gasteiger partial charge in [0.2, 0.25) is 11.8 Å². The first kappa shape index (κ1) is 20.7. The van der Waals surface area contributed by atoms with Gasteiger partial charge in [0, 0.05) is 13.8 Å². The summed E-state index contributed by atoms with van der Waals surface area (Å²) >= 11 is 0. The van der Waals surface area contributed by atoms with Gasteiger partial charge < -0.3 is 18.9 Å². The van der Waals surface area contributed by atoms with Gasteiger partial charge in [0.05, 0.1) is 36.3 Å². The molecule has 10 heteroatoms. The topological polar surface area (TPSA) is 126 Å². The number of ether oxygens (including phenoxy) is 4. The Hall–Kier alpha value is -3.53. The van der Waals surface area contributed by atoms with E-state index in [2.05, 4.69) is 4.74 Å². The number of esters is 3. The van der Waals surface area contributed by atoms with E-state index in [0.717, 1.165) is 18.7 Å². The fourth-order valence-electron chi connectivity index (χ4n) is 4.34. The third-order valence-electron chi connectivity index (χ3n) is 5.54. The van der Waals surface area contributed by atoms with E-state index in [0.29, 0.717) is 0 Å². The molecule has 3 aliphatic heterocycles. The summed E-state index contributed by atoms with van der Waals surface area (Å²) in [7, 11) is 1.25. The lowest BCUT2D eigenvalue weighted by atomic mass is 9.76. The van der Waals surface area contributed by atoms with Crippen LogP contribution in [-0.4, -0.2) is 54.8 Å². The quantitative estimate of drug-likeness (QED) is 0.288. The molecule has 31 heavy (non-hydrogen) atoms. The number of hydrogen-bond acceptors (Lipinski definition) is 9. The van der Waals surface area contributed by atoms with E-state index in [4.69, 9.17) is 14.2 Å². The van der Waals surface area contributed by atoms with E-state index >= 15 is 0 Å². The highest BCUT2D eigenvalue weighted by Gasteiger charge is 2.72. The molecule has 2 amide bonds. The number of amides is 2. The Morgan fingerprint density at radius 3 is 2.19 bits per heavy atom. The van der Waals surface area contributed by atoms with E-state index in [1.54, 1.807) is 6.08 Å². The Labute approximate surface area is 176 Å². The van der Waals surface area contributed by atoms with Crippen LogP contribution in [0.25, 0.3) is 0 Å². The van der Waals surface area contributed by atoms with E-state index < -0.39 is 59.6 Å². The fourth-order valence-corrected chi connectivity index (χ4v) is 4.34. The number of carbonyl (C=O) groups excluding carboxylic acids is 5. The zero-order valence-electron chi connectivity index (χ0n) is 16.9. The maximum Gasteiger partial charge on any atom is 0.337 e. The van der Waals surface area contributed by atoms with Crippen molar-refractivity contribution in [3.63, 3.8) is 0 Å². The minimum absolute atomic E-state index is 0.261. The first-order chi connectivity index (χ1) is 14.7. The summed E-state index contributed by atoms with van der Waals surface area (Å²) in [5, 5.41) is 0. The van der Waals surface area contributed by atoms with Gasteiger partial charge in [-0.1, -0.05) is 6.08 Å². The van der Waals surface area contributed by atoms with Crippen LogP contribution in [0.2, 0.25) is 0 Å². The smallest absolute Gasteiger partial charge is 0.337 e. The van der Waals surface area contributed by atoms with E-state index in [9.17, 15) is 24.0 Å². The van der Waals surface area contributed by atoms with Crippen molar-refractivity contribution in [3.8, 4) is 0 Å². The third kappa shape index (κ3) is 3.10. The highest BCUT2D eigenvalue weighted by atomic mass is 16.7. The molecule has 2 bridgehead atoms. The minimum atomic E-state index is -1.61. The highest BCUT2D eigenvalue weighted by Crippen LogP contribution is 2.54. The molecule has 3 aliphatic rings. The van der Waals surface area contributed by atoms with Crippen LogP contribution in [0.5, 0.6) is 0 Å². The van der Waals surface area contributed by atoms with Crippen LogP contribution in [0, 0.1) is 11.8 Å². The van der Waals surface area contributed by atoms with E-state index in [1.807, 2.05) is 0 Å². The number of nitrogens with zero attached hydrogens (tertiary/aromatic N) is 1. The Morgan fingerprint density at radius 2 is 1.65 bits per heavy atom.